The number of thiazole rings is 1. The topological polar surface area (TPSA) is 38.9 Å². The average molecular weight is 280 g/mol. The van der Waals surface area contributed by atoms with Crippen molar-refractivity contribution >= 4 is 11.3 Å². The second-order valence-corrected chi connectivity index (χ2v) is 8.03. The maximum atomic E-state index is 6.31. The largest absolute Gasteiger partial charge is 0.327 e. The molecule has 108 valence electrons. The van der Waals surface area contributed by atoms with Gasteiger partial charge in [-0.3, -0.25) is 0 Å². The zero-order valence-electron chi connectivity index (χ0n) is 12.8. The number of nitrogens with two attached hydrogens (primary N) is 1. The van der Waals surface area contributed by atoms with Crippen molar-refractivity contribution in [1.29, 1.82) is 0 Å². The van der Waals surface area contributed by atoms with Crippen molar-refractivity contribution < 1.29 is 0 Å². The van der Waals surface area contributed by atoms with Crippen LogP contribution in [0.3, 0.4) is 0 Å². The molecule has 0 spiro atoms. The van der Waals surface area contributed by atoms with Crippen LogP contribution >= 0.6 is 11.3 Å². The first-order chi connectivity index (χ1) is 8.90. The van der Waals surface area contributed by atoms with E-state index in [9.17, 15) is 0 Å². The molecule has 2 rings (SSSR count). The maximum absolute atomic E-state index is 6.31. The molecule has 1 heterocycles. The fourth-order valence-corrected chi connectivity index (χ4v) is 4.08. The first-order valence-electron chi connectivity index (χ1n) is 7.60. The van der Waals surface area contributed by atoms with Crippen LogP contribution in [0.4, 0.5) is 0 Å². The van der Waals surface area contributed by atoms with E-state index in [2.05, 4.69) is 33.1 Å². The van der Waals surface area contributed by atoms with Gasteiger partial charge in [0.25, 0.3) is 0 Å². The zero-order valence-corrected chi connectivity index (χ0v) is 13.6. The van der Waals surface area contributed by atoms with E-state index >= 15 is 0 Å². The summed E-state index contributed by atoms with van der Waals surface area (Å²) in [4.78, 5) is 4.82. The number of hydrogen-bond acceptors (Lipinski definition) is 3. The molecule has 0 bridgehead atoms. The van der Waals surface area contributed by atoms with Gasteiger partial charge in [0, 0.05) is 23.3 Å². The van der Waals surface area contributed by atoms with Gasteiger partial charge < -0.3 is 5.73 Å². The highest BCUT2D eigenvalue weighted by atomic mass is 32.1. The second-order valence-electron chi connectivity index (χ2n) is 7.09. The lowest BCUT2D eigenvalue weighted by atomic mass is 9.76. The van der Waals surface area contributed by atoms with Crippen LogP contribution in [-0.2, 0) is 11.8 Å². The van der Waals surface area contributed by atoms with Gasteiger partial charge in [0.15, 0.2) is 0 Å². The minimum Gasteiger partial charge on any atom is -0.327 e. The second kappa shape index (κ2) is 5.92. The fourth-order valence-electron chi connectivity index (χ4n) is 2.96. The van der Waals surface area contributed by atoms with Crippen molar-refractivity contribution in [3.63, 3.8) is 0 Å². The SMILES string of the molecule is CCC1CCC(N)C(Cc2nc(C(C)(C)C)cs2)C1. The maximum Gasteiger partial charge on any atom is 0.0931 e. The van der Waals surface area contributed by atoms with Crippen LogP contribution in [0.15, 0.2) is 5.38 Å². The third-order valence-electron chi connectivity index (χ3n) is 4.48. The highest BCUT2D eigenvalue weighted by molar-refractivity contribution is 7.09. The Morgan fingerprint density at radius 2 is 2.11 bits per heavy atom. The first-order valence-corrected chi connectivity index (χ1v) is 8.48. The summed E-state index contributed by atoms with van der Waals surface area (Å²) in [6.45, 7) is 8.99. The van der Waals surface area contributed by atoms with Crippen LogP contribution in [-0.4, -0.2) is 11.0 Å². The van der Waals surface area contributed by atoms with Crippen molar-refractivity contribution in [3.8, 4) is 0 Å². The standard InChI is InChI=1S/C16H28N2S/c1-5-11-6-7-13(17)12(8-11)9-15-18-14(10-19-15)16(2,3)4/h10-13H,5-9,17H2,1-4H3. The molecule has 1 saturated carbocycles. The molecule has 3 atom stereocenters. The Labute approximate surface area is 121 Å². The molecule has 1 aromatic rings. The lowest BCUT2D eigenvalue weighted by molar-refractivity contribution is 0.227. The van der Waals surface area contributed by atoms with E-state index in [0.717, 1.165) is 12.3 Å². The van der Waals surface area contributed by atoms with E-state index in [-0.39, 0.29) is 5.41 Å². The van der Waals surface area contributed by atoms with Gasteiger partial charge in [-0.25, -0.2) is 4.98 Å². The summed E-state index contributed by atoms with van der Waals surface area (Å²) in [5, 5.41) is 3.50. The van der Waals surface area contributed by atoms with E-state index in [4.69, 9.17) is 10.7 Å². The van der Waals surface area contributed by atoms with Gasteiger partial charge in [-0.15, -0.1) is 11.3 Å². The Balaban J connectivity index is 2.01. The van der Waals surface area contributed by atoms with Gasteiger partial charge in [-0.1, -0.05) is 34.1 Å². The molecule has 1 aromatic heterocycles. The smallest absolute Gasteiger partial charge is 0.0931 e. The minimum atomic E-state index is 0.162. The van der Waals surface area contributed by atoms with Crippen molar-refractivity contribution in [2.75, 3.05) is 0 Å². The third kappa shape index (κ3) is 3.79. The summed E-state index contributed by atoms with van der Waals surface area (Å²) >= 11 is 1.81. The van der Waals surface area contributed by atoms with E-state index < -0.39 is 0 Å². The molecule has 2 nitrogen and oxygen atoms in total. The van der Waals surface area contributed by atoms with Gasteiger partial charge in [-0.05, 0) is 31.1 Å². The zero-order chi connectivity index (χ0) is 14.0. The van der Waals surface area contributed by atoms with Crippen LogP contribution in [0.25, 0.3) is 0 Å². The first kappa shape index (κ1) is 15.0. The average Bonchev–Trinajstić information content (AvgIpc) is 2.80. The van der Waals surface area contributed by atoms with E-state index in [0.29, 0.717) is 12.0 Å². The van der Waals surface area contributed by atoms with Crippen molar-refractivity contribution in [2.24, 2.45) is 17.6 Å². The van der Waals surface area contributed by atoms with Crippen LogP contribution in [0.5, 0.6) is 0 Å². The quantitative estimate of drug-likeness (QED) is 0.904. The Bertz CT molecular complexity index is 405. The monoisotopic (exact) mass is 280 g/mol. The van der Waals surface area contributed by atoms with Crippen molar-refractivity contribution in [2.45, 2.75) is 71.3 Å². The predicted octanol–water partition coefficient (Wildman–Crippen LogP) is 4.14. The molecule has 0 saturated heterocycles. The van der Waals surface area contributed by atoms with E-state index in [1.54, 1.807) is 0 Å². The summed E-state index contributed by atoms with van der Waals surface area (Å²) in [7, 11) is 0. The molecule has 0 aromatic carbocycles. The number of rotatable bonds is 3. The molecule has 0 amide bonds. The third-order valence-corrected chi connectivity index (χ3v) is 5.36. The van der Waals surface area contributed by atoms with Gasteiger partial charge >= 0.3 is 0 Å². The van der Waals surface area contributed by atoms with Crippen LogP contribution in [0, 0.1) is 11.8 Å². The van der Waals surface area contributed by atoms with E-state index in [1.165, 1.54) is 36.4 Å². The molecule has 0 radical (unpaired) electrons. The Morgan fingerprint density at radius 1 is 1.37 bits per heavy atom. The lowest BCUT2D eigenvalue weighted by Gasteiger charge is -2.33. The van der Waals surface area contributed by atoms with Crippen LogP contribution in [0.1, 0.15) is 64.1 Å². The minimum absolute atomic E-state index is 0.162. The summed E-state index contributed by atoms with van der Waals surface area (Å²) in [6, 6.07) is 0.379. The highest BCUT2D eigenvalue weighted by Crippen LogP contribution is 2.33. The number of aromatic nitrogens is 1. The number of nitrogens with zero attached hydrogens (tertiary/aromatic N) is 1. The normalized spacial score (nSPS) is 28.6. The van der Waals surface area contributed by atoms with Gasteiger partial charge in [-0.2, -0.15) is 0 Å². The molecule has 0 aliphatic heterocycles. The Kier molecular flexibility index (Phi) is 4.67. The molecule has 3 unspecified atom stereocenters. The fraction of sp³-hybridized carbons (Fsp3) is 0.812. The van der Waals surface area contributed by atoms with Crippen LogP contribution < -0.4 is 5.73 Å². The summed E-state index contributed by atoms with van der Waals surface area (Å²) in [6.07, 6.45) is 6.19. The molecular formula is C16H28N2S. The lowest BCUT2D eigenvalue weighted by Crippen LogP contribution is -2.37. The highest BCUT2D eigenvalue weighted by Gasteiger charge is 2.28. The van der Waals surface area contributed by atoms with Crippen molar-refractivity contribution in [3.05, 3.63) is 16.1 Å². The van der Waals surface area contributed by atoms with Gasteiger partial charge in [0.1, 0.15) is 0 Å². The molecule has 19 heavy (non-hydrogen) atoms. The van der Waals surface area contributed by atoms with Crippen molar-refractivity contribution in [1.82, 2.24) is 4.98 Å². The summed E-state index contributed by atoms with van der Waals surface area (Å²) < 4.78 is 0. The van der Waals surface area contributed by atoms with Gasteiger partial charge in [0.2, 0.25) is 0 Å². The molecule has 2 N–H and O–H groups in total. The molecule has 1 aliphatic rings. The Hall–Kier alpha value is -0.410. The molecule has 3 heteroatoms. The van der Waals surface area contributed by atoms with Gasteiger partial charge in [0.05, 0.1) is 10.7 Å². The van der Waals surface area contributed by atoms with Crippen LogP contribution in [0.2, 0.25) is 0 Å². The van der Waals surface area contributed by atoms with E-state index in [1.807, 2.05) is 11.3 Å². The summed E-state index contributed by atoms with van der Waals surface area (Å²) in [5.74, 6) is 1.52. The molecule has 1 aliphatic carbocycles. The molecule has 1 fully saturated rings. The Morgan fingerprint density at radius 3 is 2.68 bits per heavy atom. The number of hydrogen-bond donors (Lipinski definition) is 1. The molecular weight excluding hydrogens is 252 g/mol. The summed E-state index contributed by atoms with van der Waals surface area (Å²) in [5.41, 5.74) is 7.70. The predicted molar refractivity (Wildman–Crippen MR) is 83.6 cm³/mol.